The molecule has 4 rings (SSSR count). The number of benzene rings is 3. The van der Waals surface area contributed by atoms with E-state index in [-0.39, 0.29) is 41.5 Å². The molecule has 0 spiro atoms. The van der Waals surface area contributed by atoms with Crippen molar-refractivity contribution in [3.8, 4) is 0 Å². The number of nitrogens with zero attached hydrogens (tertiary/aromatic N) is 1. The van der Waals surface area contributed by atoms with Crippen LogP contribution in [0.1, 0.15) is 48.5 Å². The molecule has 0 saturated heterocycles. The molecule has 1 aliphatic rings. The van der Waals surface area contributed by atoms with Gasteiger partial charge in [-0.3, -0.25) is 0 Å². The average molecular weight is 839 g/mol. The third-order valence-corrected chi connectivity index (χ3v) is 12.3. The van der Waals surface area contributed by atoms with Crippen molar-refractivity contribution >= 4 is 30.8 Å². The first kappa shape index (κ1) is 49.6. The van der Waals surface area contributed by atoms with Gasteiger partial charge < -0.3 is 12.4 Å². The molecule has 1 saturated carbocycles. The van der Waals surface area contributed by atoms with E-state index in [1.807, 2.05) is 0 Å². The van der Waals surface area contributed by atoms with Crippen LogP contribution in [0.2, 0.25) is 19.9 Å². The van der Waals surface area contributed by atoms with Gasteiger partial charge in [-0.15, -0.1) is 21.9 Å². The molecule has 54 heavy (non-hydrogen) atoms. The summed E-state index contributed by atoms with van der Waals surface area (Å²) in [5.74, 6) is -39.2. The van der Waals surface area contributed by atoms with Crippen LogP contribution in [0.3, 0.4) is 0 Å². The van der Waals surface area contributed by atoms with Crippen LogP contribution in [-0.4, -0.2) is 19.9 Å². The van der Waals surface area contributed by atoms with Crippen molar-refractivity contribution in [1.29, 1.82) is 0 Å². The van der Waals surface area contributed by atoms with E-state index in [1.54, 1.807) is 5.54 Å². The smallest absolute Gasteiger partial charge is 0.659 e. The van der Waals surface area contributed by atoms with Gasteiger partial charge >= 0.3 is 21.7 Å². The Balaban J connectivity index is 0.000000650. The van der Waals surface area contributed by atoms with Gasteiger partial charge in [-0.2, -0.15) is 6.82 Å². The summed E-state index contributed by atoms with van der Waals surface area (Å²) < 4.78 is 212. The second kappa shape index (κ2) is 17.0. The van der Waals surface area contributed by atoms with Crippen molar-refractivity contribution in [1.82, 2.24) is 0 Å². The Labute approximate surface area is 320 Å². The monoisotopic (exact) mass is 839 g/mol. The van der Waals surface area contributed by atoms with Crippen LogP contribution >= 0.6 is 0 Å². The minimum Gasteiger partial charge on any atom is -0.659 e. The summed E-state index contributed by atoms with van der Waals surface area (Å²) in [6, 6.07) is 0. The molecule has 1 nitrogen and oxygen atoms in total. The summed E-state index contributed by atoms with van der Waals surface area (Å²) in [4.78, 5) is 5.13. The van der Waals surface area contributed by atoms with Crippen LogP contribution < -0.4 is 16.4 Å². The van der Waals surface area contributed by atoms with Crippen LogP contribution in [0.5, 0.6) is 0 Å². The fourth-order valence-electron chi connectivity index (χ4n) is 6.85. The van der Waals surface area contributed by atoms with Gasteiger partial charge in [-0.1, -0.05) is 69.8 Å². The summed E-state index contributed by atoms with van der Waals surface area (Å²) in [6.45, 7) is 20.1. The van der Waals surface area contributed by atoms with Crippen LogP contribution in [0.25, 0.3) is 4.98 Å². The van der Waals surface area contributed by atoms with Crippen LogP contribution in [0.15, 0.2) is 0 Å². The van der Waals surface area contributed by atoms with Gasteiger partial charge in [0.1, 0.15) is 41.0 Å². The van der Waals surface area contributed by atoms with Crippen molar-refractivity contribution in [2.75, 3.05) is 0 Å². The van der Waals surface area contributed by atoms with Crippen molar-refractivity contribution < 1.29 is 87.6 Å². The molecule has 3 aromatic rings. The molecule has 0 amide bonds. The zero-order valence-electron chi connectivity index (χ0n) is 30.7. The number of hydrogen-bond acceptors (Lipinski definition) is 0. The van der Waals surface area contributed by atoms with Crippen LogP contribution in [0, 0.1) is 124 Å². The Morgan fingerprint density at radius 1 is 0.407 bits per heavy atom. The molecule has 0 unspecified atom stereocenters. The zero-order chi connectivity index (χ0) is 40.5. The van der Waals surface area contributed by atoms with Gasteiger partial charge in [-0.05, 0) is 29.2 Å². The summed E-state index contributed by atoms with van der Waals surface area (Å²) in [5.41, 5.74) is -6.27. The zero-order valence-corrected chi connectivity index (χ0v) is 33.3. The Kier molecular flexibility index (Phi) is 15.6. The minimum absolute atomic E-state index is 0. The molecule has 293 valence electrons. The summed E-state index contributed by atoms with van der Waals surface area (Å²) in [6.07, 6.45) is -5.41. The van der Waals surface area contributed by atoms with Crippen molar-refractivity contribution in [2.24, 2.45) is 0 Å². The van der Waals surface area contributed by atoms with Crippen molar-refractivity contribution in [3.63, 3.8) is 0 Å². The first-order valence-corrected chi connectivity index (χ1v) is 18.2. The maximum absolute atomic E-state index is 14.6. The Bertz CT molecular complexity index is 1630. The normalized spacial score (nSPS) is 15.3. The molecule has 1 fully saturated rings. The average Bonchev–Trinajstić information content (AvgIpc) is 3.24. The van der Waals surface area contributed by atoms with E-state index in [0.29, 0.717) is 0 Å². The largest absolute Gasteiger partial charge is 4.00 e. The van der Waals surface area contributed by atoms with Gasteiger partial charge in [0.15, 0.2) is 52.4 Å². The molecule has 3 aromatic carbocycles. The fraction of sp³-hybridized carbons (Fsp3) is 0.314. The Morgan fingerprint density at radius 2 is 0.593 bits per heavy atom. The maximum Gasteiger partial charge on any atom is 4.00 e. The molecule has 0 aromatic heterocycles. The third-order valence-electron chi connectivity index (χ3n) is 9.13. The molecule has 19 heteroatoms. The molecule has 0 atom stereocenters. The maximum atomic E-state index is 14.6. The van der Waals surface area contributed by atoms with Crippen LogP contribution in [0.4, 0.5) is 65.9 Å². The van der Waals surface area contributed by atoms with E-state index in [4.69, 9.17) is 4.98 Å². The summed E-state index contributed by atoms with van der Waals surface area (Å²) in [7, 11) is -1.69. The molecule has 1 aliphatic carbocycles. The summed E-state index contributed by atoms with van der Waals surface area (Å²) >= 11 is 0. The Morgan fingerprint density at radius 3 is 0.778 bits per heavy atom. The molecular formula is C35H33BF15NSiTi+. The van der Waals surface area contributed by atoms with Gasteiger partial charge in [0.25, 0.3) is 0 Å². The molecule has 0 bridgehead atoms. The third kappa shape index (κ3) is 8.18. The second-order valence-corrected chi connectivity index (χ2v) is 17.8. The SMILES string of the molecule is C[B-](c1c(F)c(F)c(F)c(F)c1F)(c1c(F)c(F)c(F)c(F)c1F)c1c(F)c(F)c(F)c(F)c1F.C[C]1[C](C)[C](C)[C]([Si](C)(C)[N-]C(C)(C)C)[C]1C.[CH3-].[Ti+4]. The van der Waals surface area contributed by atoms with Gasteiger partial charge in [0, 0.05) is 0 Å². The van der Waals surface area contributed by atoms with Crippen molar-refractivity contribution in [3.05, 3.63) is 129 Å². The molecule has 0 N–H and O–H groups in total. The van der Waals surface area contributed by atoms with Gasteiger partial charge in [-0.25, -0.2) is 65.9 Å². The van der Waals surface area contributed by atoms with Crippen molar-refractivity contribution in [2.45, 2.75) is 73.9 Å². The molecule has 5 radical (unpaired) electrons. The van der Waals surface area contributed by atoms with Gasteiger partial charge in [0.05, 0.1) is 0 Å². The summed E-state index contributed by atoms with van der Waals surface area (Å²) in [5, 5.41) is 0. The van der Waals surface area contributed by atoms with Crippen LogP contribution in [-0.2, 0) is 21.7 Å². The number of rotatable bonds is 5. The Hall–Kier alpha value is -2.43. The second-order valence-electron chi connectivity index (χ2n) is 14.0. The van der Waals surface area contributed by atoms with E-state index >= 15 is 0 Å². The van der Waals surface area contributed by atoms with E-state index in [2.05, 4.69) is 61.6 Å². The number of halogens is 15. The topological polar surface area (TPSA) is 14.1 Å². The van der Waals surface area contributed by atoms with E-state index in [1.165, 1.54) is 23.7 Å². The van der Waals surface area contributed by atoms with E-state index < -0.39 is 118 Å². The molecular weight excluding hydrogens is 806 g/mol. The van der Waals surface area contributed by atoms with E-state index in [0.717, 1.165) is 0 Å². The fourth-order valence-corrected chi connectivity index (χ4v) is 10.8. The minimum atomic E-state index is -5.41. The first-order valence-electron chi connectivity index (χ1n) is 15.2. The molecule has 0 aliphatic heterocycles. The quantitative estimate of drug-likeness (QED) is 0.0799. The molecule has 0 heterocycles. The predicted molar refractivity (Wildman–Crippen MR) is 175 cm³/mol. The first-order chi connectivity index (χ1) is 23.5. The number of hydrogen-bond donors (Lipinski definition) is 0. The predicted octanol–water partition coefficient (Wildman–Crippen LogP) is 10.2. The van der Waals surface area contributed by atoms with Gasteiger partial charge in [0.2, 0.25) is 0 Å². The van der Waals surface area contributed by atoms with E-state index in [9.17, 15) is 65.9 Å². The standard InChI is InChI=1S/C19H3BF15.C15H27NSi.CH3.Ti/c1-20(2-5(21)11(27)17(33)12(28)6(2)22,3-7(23)13(29)18(34)14(30)8(3)24)4-9(25)15(31)19(35)16(32)10(4)26;1-10-11(2)13(4)14(12(10)3)17(8,9)16-15(5,6)7;;/h1H3;1-9H3;1H3;/q3*-1;+4.